The number of benzene rings is 2. The van der Waals surface area contributed by atoms with Crippen LogP contribution in [0.25, 0.3) is 0 Å². The number of likely N-dealkylation sites (tertiary alicyclic amines) is 1. The molecule has 1 heterocycles. The number of carbonyl (C=O) groups is 4. The van der Waals surface area contributed by atoms with Gasteiger partial charge in [0.2, 0.25) is 5.91 Å². The molecule has 3 amide bonds. The molecule has 3 aliphatic rings. The van der Waals surface area contributed by atoms with E-state index in [1.54, 1.807) is 55.4 Å². The maximum atomic E-state index is 13.3. The Morgan fingerprint density at radius 2 is 1.55 bits per heavy atom. The van der Waals surface area contributed by atoms with Crippen molar-refractivity contribution in [2.75, 3.05) is 27.2 Å². The van der Waals surface area contributed by atoms with Gasteiger partial charge in [-0.1, -0.05) is 12.1 Å². The Bertz CT molecular complexity index is 1360. The maximum Gasteiger partial charge on any atom is 0.318 e. The highest BCUT2D eigenvalue weighted by atomic mass is 16.4. The van der Waals surface area contributed by atoms with Crippen LogP contribution in [0.1, 0.15) is 62.2 Å². The minimum absolute atomic E-state index is 0.0159. The number of carboxylic acid groups (broad SMARTS) is 1. The smallest absolute Gasteiger partial charge is 0.318 e. The summed E-state index contributed by atoms with van der Waals surface area (Å²) in [6, 6.07) is 12.2. The number of aryl methyl sites for hydroxylation is 2. The number of fused-ring (bicyclic) bond motifs is 3. The summed E-state index contributed by atoms with van der Waals surface area (Å²) in [5, 5.41) is 28.6. The fraction of sp³-hybridized carbons (Fsp3) is 0.433. The molecule has 0 spiro atoms. The number of carboxylic acids is 1. The molecule has 1 saturated heterocycles. The molecule has 2 aliphatic carbocycles. The molecule has 208 valence electrons. The van der Waals surface area contributed by atoms with Crippen molar-refractivity contribution in [3.05, 3.63) is 69.8 Å². The summed E-state index contributed by atoms with van der Waals surface area (Å²) < 4.78 is 0. The summed E-state index contributed by atoms with van der Waals surface area (Å²) >= 11 is 0. The second-order valence-electron chi connectivity index (χ2n) is 10.8. The summed E-state index contributed by atoms with van der Waals surface area (Å²) in [4.78, 5) is 52.6. The Balaban J connectivity index is 1.47. The number of hydrogen-bond acceptors (Lipinski definition) is 6. The summed E-state index contributed by atoms with van der Waals surface area (Å²) in [5.74, 6) is -1.29. The minimum Gasteiger partial charge on any atom is -0.480 e. The fourth-order valence-corrected chi connectivity index (χ4v) is 6.52. The molecule has 40 heavy (non-hydrogen) atoms. The Kier molecular flexibility index (Phi) is 7.34. The molecule has 5 rings (SSSR count). The quantitative estimate of drug-likeness (QED) is 0.367. The van der Waals surface area contributed by atoms with Crippen LogP contribution in [-0.4, -0.2) is 73.0 Å². The van der Waals surface area contributed by atoms with Gasteiger partial charge in [0.1, 0.15) is 11.5 Å². The molecule has 1 saturated carbocycles. The molecule has 0 aromatic heterocycles. The Hall–Kier alpha value is -4.23. The topological polar surface area (TPSA) is 152 Å². The van der Waals surface area contributed by atoms with Gasteiger partial charge in [-0.3, -0.25) is 19.2 Å². The van der Waals surface area contributed by atoms with Crippen molar-refractivity contribution in [3.8, 4) is 6.07 Å². The minimum atomic E-state index is -1.47. The lowest BCUT2D eigenvalue weighted by molar-refractivity contribution is -0.142. The van der Waals surface area contributed by atoms with Crippen molar-refractivity contribution in [2.24, 2.45) is 5.92 Å². The van der Waals surface area contributed by atoms with E-state index in [2.05, 4.69) is 22.0 Å². The van der Waals surface area contributed by atoms with E-state index in [1.807, 2.05) is 0 Å². The molecular weight excluding hydrogens is 510 g/mol. The van der Waals surface area contributed by atoms with Gasteiger partial charge in [0.15, 0.2) is 0 Å². The van der Waals surface area contributed by atoms with Gasteiger partial charge in [-0.05, 0) is 91.1 Å². The average Bonchev–Trinajstić information content (AvgIpc) is 3.66. The zero-order valence-electron chi connectivity index (χ0n) is 22.6. The predicted molar refractivity (Wildman–Crippen MR) is 146 cm³/mol. The van der Waals surface area contributed by atoms with Gasteiger partial charge in [-0.15, -0.1) is 0 Å². The number of rotatable bonds is 8. The first-order valence-corrected chi connectivity index (χ1v) is 13.6. The van der Waals surface area contributed by atoms with Crippen LogP contribution < -0.4 is 16.0 Å². The van der Waals surface area contributed by atoms with E-state index in [9.17, 15) is 29.5 Å². The van der Waals surface area contributed by atoms with Gasteiger partial charge in [0.25, 0.3) is 11.8 Å². The predicted octanol–water partition coefficient (Wildman–Crippen LogP) is 1.37. The van der Waals surface area contributed by atoms with E-state index in [0.29, 0.717) is 41.0 Å². The number of nitriles is 1. The van der Waals surface area contributed by atoms with E-state index in [0.717, 1.165) is 24.0 Å². The van der Waals surface area contributed by atoms with Crippen LogP contribution >= 0.6 is 0 Å². The normalized spacial score (nSPS) is 21.6. The number of carbonyl (C=O) groups excluding carboxylic acids is 3. The summed E-state index contributed by atoms with van der Waals surface area (Å²) in [6.07, 6.45) is 2.80. The van der Waals surface area contributed by atoms with Gasteiger partial charge < -0.3 is 26.0 Å². The SMILES string of the molecule is CNC(=O)c1ccc2c(c1)CCc1cc(C(=O)NC)ccc1C2(CCNCC(=O)N1[C@H](C#N)C[C@@H]2C[C@@H]21)C(=O)O. The van der Waals surface area contributed by atoms with Crippen LogP contribution in [0.2, 0.25) is 0 Å². The van der Waals surface area contributed by atoms with Crippen LogP contribution in [0, 0.1) is 17.2 Å². The van der Waals surface area contributed by atoms with Crippen molar-refractivity contribution >= 4 is 23.7 Å². The van der Waals surface area contributed by atoms with Crippen LogP contribution in [-0.2, 0) is 27.8 Å². The fourth-order valence-electron chi connectivity index (χ4n) is 6.52. The van der Waals surface area contributed by atoms with Crippen LogP contribution in [0.4, 0.5) is 0 Å². The lowest BCUT2D eigenvalue weighted by Crippen LogP contribution is -2.45. The summed E-state index contributed by atoms with van der Waals surface area (Å²) in [5.41, 5.74) is 2.12. The molecule has 10 nitrogen and oxygen atoms in total. The standard InChI is InChI=1S/C30H33N5O5/c1-32-27(37)19-5-7-23-17(11-19)3-4-18-12-20(28(38)33-2)6-8-24(18)30(23,29(39)40)9-10-34-16-26(36)35-22(15-31)13-21-14-25(21)35/h5-8,11-12,21-22,25,34H,3-4,9-10,13-14,16H2,1-2H3,(H,32,37)(H,33,38)(H,39,40)/t21-,22+,25+/m1/s1. The number of nitrogens with zero attached hydrogens (tertiary/aromatic N) is 2. The monoisotopic (exact) mass is 543 g/mol. The molecule has 4 N–H and O–H groups in total. The lowest BCUT2D eigenvalue weighted by Gasteiger charge is -2.33. The van der Waals surface area contributed by atoms with Gasteiger partial charge in [-0.25, -0.2) is 0 Å². The highest BCUT2D eigenvalue weighted by Crippen LogP contribution is 2.47. The molecule has 2 fully saturated rings. The average molecular weight is 544 g/mol. The Morgan fingerprint density at radius 3 is 2.05 bits per heavy atom. The zero-order valence-corrected chi connectivity index (χ0v) is 22.6. The van der Waals surface area contributed by atoms with Gasteiger partial charge >= 0.3 is 5.97 Å². The highest BCUT2D eigenvalue weighted by molar-refractivity contribution is 5.96. The number of aliphatic carboxylic acids is 1. The number of piperidine rings is 1. The van der Waals surface area contributed by atoms with E-state index < -0.39 is 17.4 Å². The third-order valence-corrected chi connectivity index (χ3v) is 8.63. The molecule has 10 heteroatoms. The highest BCUT2D eigenvalue weighted by Gasteiger charge is 2.54. The molecule has 0 radical (unpaired) electrons. The van der Waals surface area contributed by atoms with Gasteiger partial charge in [-0.2, -0.15) is 5.26 Å². The molecule has 2 aromatic carbocycles. The van der Waals surface area contributed by atoms with Crippen molar-refractivity contribution in [1.29, 1.82) is 5.26 Å². The zero-order chi connectivity index (χ0) is 28.6. The lowest BCUT2D eigenvalue weighted by atomic mass is 9.69. The van der Waals surface area contributed by atoms with E-state index >= 15 is 0 Å². The van der Waals surface area contributed by atoms with E-state index in [4.69, 9.17) is 0 Å². The largest absolute Gasteiger partial charge is 0.480 e. The van der Waals surface area contributed by atoms with Crippen molar-refractivity contribution in [2.45, 2.75) is 49.6 Å². The maximum absolute atomic E-state index is 13.3. The van der Waals surface area contributed by atoms with Crippen LogP contribution in [0.15, 0.2) is 36.4 Å². The van der Waals surface area contributed by atoms with Crippen molar-refractivity contribution in [3.63, 3.8) is 0 Å². The Morgan fingerprint density at radius 1 is 0.975 bits per heavy atom. The number of amides is 3. The summed E-state index contributed by atoms with van der Waals surface area (Å²) in [6.45, 7) is 0.243. The van der Waals surface area contributed by atoms with Gasteiger partial charge in [0.05, 0.1) is 12.6 Å². The molecule has 0 bridgehead atoms. The van der Waals surface area contributed by atoms with E-state index in [-0.39, 0.29) is 43.3 Å². The third-order valence-electron chi connectivity index (χ3n) is 8.63. The number of hydrogen-bond donors (Lipinski definition) is 4. The molecule has 2 aromatic rings. The molecule has 0 unspecified atom stereocenters. The second kappa shape index (κ2) is 10.7. The molecular formula is C30H33N5O5. The first kappa shape index (κ1) is 27.3. The first-order chi connectivity index (χ1) is 19.2. The van der Waals surface area contributed by atoms with Crippen LogP contribution in [0.5, 0.6) is 0 Å². The Labute approximate surface area is 232 Å². The molecule has 3 atom stereocenters. The van der Waals surface area contributed by atoms with Crippen LogP contribution in [0.3, 0.4) is 0 Å². The van der Waals surface area contributed by atoms with Gasteiger partial charge in [0, 0.05) is 31.3 Å². The first-order valence-electron chi connectivity index (χ1n) is 13.6. The second-order valence-corrected chi connectivity index (χ2v) is 10.8. The molecule has 1 aliphatic heterocycles. The van der Waals surface area contributed by atoms with Crippen molar-refractivity contribution in [1.82, 2.24) is 20.9 Å². The summed E-state index contributed by atoms with van der Waals surface area (Å²) in [7, 11) is 3.09. The third kappa shape index (κ3) is 4.60. The number of nitrogens with one attached hydrogen (secondary N) is 3. The van der Waals surface area contributed by atoms with Crippen molar-refractivity contribution < 1.29 is 24.3 Å². The van der Waals surface area contributed by atoms with E-state index in [1.165, 1.54) is 0 Å².